The molecule has 4 aliphatic rings. The summed E-state index contributed by atoms with van der Waals surface area (Å²) in [5, 5.41) is 0.663. The number of hydrogen-bond acceptors (Lipinski definition) is 7. The van der Waals surface area contributed by atoms with Crippen molar-refractivity contribution in [1.29, 1.82) is 0 Å². The van der Waals surface area contributed by atoms with Gasteiger partial charge in [-0.3, -0.25) is 14.9 Å². The van der Waals surface area contributed by atoms with Gasteiger partial charge >= 0.3 is 6.01 Å². The smallest absolute Gasteiger partial charge is 0.319 e. The maximum Gasteiger partial charge on any atom is 0.319 e. The van der Waals surface area contributed by atoms with Crippen LogP contribution in [0.2, 0.25) is 0 Å². The molecule has 0 N–H and O–H groups in total. The summed E-state index contributed by atoms with van der Waals surface area (Å²) in [6, 6.07) is 4.02. The van der Waals surface area contributed by atoms with Crippen molar-refractivity contribution in [2.75, 3.05) is 37.7 Å². The summed E-state index contributed by atoms with van der Waals surface area (Å²) in [4.78, 5) is 23.7. The van der Waals surface area contributed by atoms with Crippen molar-refractivity contribution in [1.82, 2.24) is 24.8 Å². The second kappa shape index (κ2) is 9.40. The topological polar surface area (TPSA) is 67.3 Å². The van der Waals surface area contributed by atoms with E-state index in [0.29, 0.717) is 40.6 Å². The summed E-state index contributed by atoms with van der Waals surface area (Å²) in [6.45, 7) is 8.86. The number of piperidine rings is 1. The Bertz CT molecular complexity index is 1340. The van der Waals surface area contributed by atoms with Gasteiger partial charge in [0, 0.05) is 31.0 Å². The molecule has 0 aromatic carbocycles. The summed E-state index contributed by atoms with van der Waals surface area (Å²) in [6.07, 6.45) is 12.0. The first-order valence-corrected chi connectivity index (χ1v) is 14.4. The van der Waals surface area contributed by atoms with Gasteiger partial charge in [-0.25, -0.2) is 4.39 Å². The average molecular weight is 517 g/mol. The van der Waals surface area contributed by atoms with E-state index in [4.69, 9.17) is 14.7 Å². The predicted octanol–water partition coefficient (Wildman–Crippen LogP) is 5.59. The van der Waals surface area contributed by atoms with Crippen LogP contribution in [0.5, 0.6) is 6.01 Å². The monoisotopic (exact) mass is 516 g/mol. The number of aromatic nitrogens is 4. The molecule has 38 heavy (non-hydrogen) atoms. The van der Waals surface area contributed by atoms with Gasteiger partial charge < -0.3 is 9.64 Å². The van der Waals surface area contributed by atoms with Crippen molar-refractivity contribution >= 4 is 16.7 Å². The zero-order valence-electron chi connectivity index (χ0n) is 22.5. The van der Waals surface area contributed by atoms with Gasteiger partial charge in [0.05, 0.1) is 16.6 Å². The maximum atomic E-state index is 16.4. The first kappa shape index (κ1) is 24.2. The third kappa shape index (κ3) is 4.03. The standard InChI is InChI=1S/C30H37FN6O/c1-19(2)25-22(6-3-11-32-25)26-24(31)27-23(15-33-26)28(36-16-20-7-8-21(14-20)17-36)35-29(34-27)38-18-30-9-4-12-37(30)13-5-10-30/h3,6,11,15,19-21H,4-5,7-10,12-14,16-18H2,1-2H3. The summed E-state index contributed by atoms with van der Waals surface area (Å²) in [5.41, 5.74) is 2.20. The minimum atomic E-state index is -0.424. The molecule has 7 nitrogen and oxygen atoms in total. The molecule has 4 fully saturated rings. The summed E-state index contributed by atoms with van der Waals surface area (Å²) in [7, 11) is 0. The van der Waals surface area contributed by atoms with Crippen LogP contribution in [-0.4, -0.2) is 63.2 Å². The highest BCUT2D eigenvalue weighted by molar-refractivity contribution is 5.92. The van der Waals surface area contributed by atoms with Crippen LogP contribution in [0, 0.1) is 17.7 Å². The van der Waals surface area contributed by atoms with Crippen LogP contribution in [0.4, 0.5) is 10.2 Å². The van der Waals surface area contributed by atoms with Crippen LogP contribution in [0.1, 0.15) is 70.4 Å². The highest BCUT2D eigenvalue weighted by Crippen LogP contribution is 2.42. The molecule has 3 aliphatic heterocycles. The molecule has 0 radical (unpaired) electrons. The van der Waals surface area contributed by atoms with Gasteiger partial charge in [0.1, 0.15) is 23.6 Å². The van der Waals surface area contributed by atoms with Crippen molar-refractivity contribution in [3.8, 4) is 17.3 Å². The number of pyridine rings is 2. The molecule has 6 heterocycles. The molecule has 0 amide bonds. The fourth-order valence-electron chi connectivity index (χ4n) is 7.63. The molecule has 2 atom stereocenters. The minimum Gasteiger partial charge on any atom is -0.461 e. The largest absolute Gasteiger partial charge is 0.461 e. The Morgan fingerprint density at radius 2 is 1.84 bits per heavy atom. The maximum absolute atomic E-state index is 16.4. The molecule has 0 spiro atoms. The second-order valence-electron chi connectivity index (χ2n) is 12.3. The Balaban J connectivity index is 1.32. The Labute approximate surface area is 223 Å². The van der Waals surface area contributed by atoms with Crippen molar-refractivity contribution < 1.29 is 9.13 Å². The first-order valence-electron chi connectivity index (χ1n) is 14.4. The third-order valence-corrected chi connectivity index (χ3v) is 9.47. The summed E-state index contributed by atoms with van der Waals surface area (Å²) in [5.74, 6) is 1.84. The summed E-state index contributed by atoms with van der Waals surface area (Å²) < 4.78 is 22.8. The van der Waals surface area contributed by atoms with Gasteiger partial charge in [0.25, 0.3) is 0 Å². The molecular formula is C30H37FN6O. The molecular weight excluding hydrogens is 479 g/mol. The SMILES string of the molecule is CC(C)c1ncccc1-c1ncc2c(N3CC4CCC(C4)C3)nc(OCC34CCCN3CCC4)nc2c1F. The fraction of sp³-hybridized carbons (Fsp3) is 0.600. The van der Waals surface area contributed by atoms with E-state index in [1.807, 2.05) is 12.1 Å². The number of hydrogen-bond donors (Lipinski definition) is 0. The lowest BCUT2D eigenvalue weighted by Crippen LogP contribution is -2.43. The van der Waals surface area contributed by atoms with Crippen molar-refractivity contribution in [2.45, 2.75) is 70.3 Å². The van der Waals surface area contributed by atoms with Gasteiger partial charge in [0.15, 0.2) is 5.82 Å². The molecule has 1 aliphatic carbocycles. The van der Waals surface area contributed by atoms with E-state index in [9.17, 15) is 0 Å². The Kier molecular flexibility index (Phi) is 5.98. The van der Waals surface area contributed by atoms with Gasteiger partial charge in [0.2, 0.25) is 0 Å². The lowest BCUT2D eigenvalue weighted by atomic mass is 9.95. The lowest BCUT2D eigenvalue weighted by Gasteiger charge is -2.34. The number of ether oxygens (including phenoxy) is 1. The Hall–Kier alpha value is -2.87. The van der Waals surface area contributed by atoms with E-state index in [1.54, 1.807) is 12.4 Å². The molecule has 7 rings (SSSR count). The molecule has 3 aromatic rings. The number of nitrogens with zero attached hydrogens (tertiary/aromatic N) is 6. The van der Waals surface area contributed by atoms with Crippen molar-refractivity contribution in [3.05, 3.63) is 36.0 Å². The highest BCUT2D eigenvalue weighted by atomic mass is 19.1. The van der Waals surface area contributed by atoms with E-state index in [-0.39, 0.29) is 17.5 Å². The average Bonchev–Trinajstić information content (AvgIpc) is 3.61. The molecule has 200 valence electrons. The predicted molar refractivity (Wildman–Crippen MR) is 146 cm³/mol. The van der Waals surface area contributed by atoms with E-state index in [0.717, 1.165) is 50.5 Å². The van der Waals surface area contributed by atoms with Crippen LogP contribution in [0.3, 0.4) is 0 Å². The lowest BCUT2D eigenvalue weighted by molar-refractivity contribution is 0.108. The molecule has 2 bridgehead atoms. The molecule has 8 heteroatoms. The Morgan fingerprint density at radius 1 is 1.08 bits per heavy atom. The van der Waals surface area contributed by atoms with Crippen LogP contribution in [0.15, 0.2) is 24.5 Å². The van der Waals surface area contributed by atoms with E-state index in [1.165, 1.54) is 32.1 Å². The van der Waals surface area contributed by atoms with Crippen LogP contribution in [-0.2, 0) is 0 Å². The quantitative estimate of drug-likeness (QED) is 0.423. The first-order chi connectivity index (χ1) is 18.5. The number of anilines is 1. The van der Waals surface area contributed by atoms with E-state index in [2.05, 4.69) is 33.6 Å². The summed E-state index contributed by atoms with van der Waals surface area (Å²) >= 11 is 0. The van der Waals surface area contributed by atoms with Gasteiger partial charge in [-0.1, -0.05) is 13.8 Å². The highest BCUT2D eigenvalue weighted by Gasteiger charge is 2.45. The normalized spacial score (nSPS) is 24.5. The van der Waals surface area contributed by atoms with Gasteiger partial charge in [-0.05, 0) is 87.9 Å². The van der Waals surface area contributed by atoms with Crippen LogP contribution in [0.25, 0.3) is 22.2 Å². The van der Waals surface area contributed by atoms with Crippen LogP contribution < -0.4 is 9.64 Å². The van der Waals surface area contributed by atoms with Crippen molar-refractivity contribution in [2.24, 2.45) is 11.8 Å². The van der Waals surface area contributed by atoms with Crippen molar-refractivity contribution in [3.63, 3.8) is 0 Å². The second-order valence-corrected chi connectivity index (χ2v) is 12.3. The molecule has 2 unspecified atom stereocenters. The number of rotatable bonds is 6. The van der Waals surface area contributed by atoms with Gasteiger partial charge in [-0.15, -0.1) is 0 Å². The molecule has 3 aromatic heterocycles. The number of fused-ring (bicyclic) bond motifs is 4. The van der Waals surface area contributed by atoms with Crippen LogP contribution >= 0.6 is 0 Å². The zero-order valence-corrected chi connectivity index (χ0v) is 22.5. The Morgan fingerprint density at radius 3 is 2.58 bits per heavy atom. The minimum absolute atomic E-state index is 0.0759. The molecule has 1 saturated carbocycles. The van der Waals surface area contributed by atoms with E-state index >= 15 is 4.39 Å². The zero-order chi connectivity index (χ0) is 25.9. The molecule has 3 saturated heterocycles. The fourth-order valence-corrected chi connectivity index (χ4v) is 7.63. The number of halogens is 1. The third-order valence-electron chi connectivity index (χ3n) is 9.47. The van der Waals surface area contributed by atoms with Gasteiger partial charge in [-0.2, -0.15) is 9.97 Å². The van der Waals surface area contributed by atoms with E-state index < -0.39 is 5.82 Å².